The molecule has 2 aliphatic carbocycles. The second-order valence-corrected chi connectivity index (χ2v) is 8.03. The number of rotatable bonds is 7. The van der Waals surface area contributed by atoms with Crippen LogP contribution in [0.1, 0.15) is 24.0 Å². The highest BCUT2D eigenvalue weighted by atomic mass is 19.3. The van der Waals surface area contributed by atoms with Gasteiger partial charge in [0.1, 0.15) is 18.6 Å². The first-order valence-corrected chi connectivity index (χ1v) is 10.2. The molecule has 1 saturated carbocycles. The Morgan fingerprint density at radius 3 is 2.19 bits per heavy atom. The van der Waals surface area contributed by atoms with Gasteiger partial charge in [-0.3, -0.25) is 9.59 Å². The highest BCUT2D eigenvalue weighted by Gasteiger charge is 2.71. The van der Waals surface area contributed by atoms with Crippen LogP contribution in [-0.2, 0) is 14.3 Å². The highest BCUT2D eigenvalue weighted by Crippen LogP contribution is 2.55. The zero-order valence-electron chi connectivity index (χ0n) is 17.2. The zero-order valence-corrected chi connectivity index (χ0v) is 17.2. The first-order chi connectivity index (χ1) is 15.2. The summed E-state index contributed by atoms with van der Waals surface area (Å²) < 4.78 is 33.3. The number of benzene rings is 2. The van der Waals surface area contributed by atoms with Crippen molar-refractivity contribution in [3.05, 3.63) is 59.7 Å². The van der Waals surface area contributed by atoms with E-state index in [0.29, 0.717) is 0 Å². The molecule has 0 aliphatic heterocycles. The summed E-state index contributed by atoms with van der Waals surface area (Å²) in [6.07, 6.45) is -0.854. The average molecular weight is 444 g/mol. The van der Waals surface area contributed by atoms with Crippen LogP contribution in [-0.4, -0.2) is 48.2 Å². The summed E-state index contributed by atoms with van der Waals surface area (Å²) in [6, 6.07) is 14.3. The van der Waals surface area contributed by atoms with E-state index in [9.17, 15) is 23.2 Å². The van der Waals surface area contributed by atoms with Crippen molar-refractivity contribution < 1.29 is 33.0 Å². The van der Waals surface area contributed by atoms with Crippen molar-refractivity contribution in [2.45, 2.75) is 24.8 Å². The summed E-state index contributed by atoms with van der Waals surface area (Å²) in [7, 11) is 0. The van der Waals surface area contributed by atoms with Crippen molar-refractivity contribution in [2.75, 3.05) is 13.2 Å². The topological polar surface area (TPSA) is 105 Å². The van der Waals surface area contributed by atoms with Crippen molar-refractivity contribution in [3.8, 4) is 11.1 Å². The Balaban J connectivity index is 1.32. The Hall–Kier alpha value is -3.49. The number of hydrogen-bond donors (Lipinski definition) is 3. The maximum absolute atomic E-state index is 14.0. The van der Waals surface area contributed by atoms with Gasteiger partial charge in [0.15, 0.2) is 0 Å². The van der Waals surface area contributed by atoms with Crippen LogP contribution in [0, 0.1) is 11.8 Å². The van der Waals surface area contributed by atoms with E-state index in [0.717, 1.165) is 22.3 Å². The fourth-order valence-electron chi connectivity index (χ4n) is 4.21. The number of aliphatic carboxylic acids is 1. The molecule has 0 heterocycles. The van der Waals surface area contributed by atoms with Crippen molar-refractivity contribution in [2.24, 2.45) is 11.8 Å². The Labute approximate surface area is 182 Å². The molecule has 168 valence electrons. The molecule has 2 aromatic carbocycles. The third-order valence-electron chi connectivity index (χ3n) is 6.02. The zero-order chi connectivity index (χ0) is 23.0. The van der Waals surface area contributed by atoms with Crippen molar-refractivity contribution in [1.82, 2.24) is 10.6 Å². The van der Waals surface area contributed by atoms with Gasteiger partial charge in [-0.2, -0.15) is 0 Å². The molecule has 2 unspecified atom stereocenters. The van der Waals surface area contributed by atoms with Gasteiger partial charge in [0.05, 0.1) is 5.92 Å². The number of hydrogen-bond acceptors (Lipinski definition) is 4. The largest absolute Gasteiger partial charge is 0.480 e. The van der Waals surface area contributed by atoms with Gasteiger partial charge >= 0.3 is 12.1 Å². The Kier molecular flexibility index (Phi) is 5.58. The van der Waals surface area contributed by atoms with E-state index in [1.54, 1.807) is 0 Å². The Morgan fingerprint density at radius 2 is 1.62 bits per heavy atom. The number of carboxylic acid groups (broad SMARTS) is 1. The minimum atomic E-state index is -3.32. The predicted octanol–water partition coefficient (Wildman–Crippen LogP) is 3.00. The number of amides is 2. The summed E-state index contributed by atoms with van der Waals surface area (Å²) in [5, 5.41) is 13.1. The first kappa shape index (κ1) is 21.7. The van der Waals surface area contributed by atoms with Gasteiger partial charge in [-0.25, -0.2) is 13.6 Å². The van der Waals surface area contributed by atoms with E-state index >= 15 is 0 Å². The second kappa shape index (κ2) is 8.22. The average Bonchev–Trinajstić information content (AvgIpc) is 3.17. The van der Waals surface area contributed by atoms with Crippen LogP contribution in [0.25, 0.3) is 11.1 Å². The molecule has 7 nitrogen and oxygen atoms in total. The van der Waals surface area contributed by atoms with Crippen LogP contribution in [0.2, 0.25) is 0 Å². The summed E-state index contributed by atoms with van der Waals surface area (Å²) in [5.41, 5.74) is 4.19. The molecule has 32 heavy (non-hydrogen) atoms. The number of nitrogens with one attached hydrogen (secondary N) is 2. The number of carbonyl (C=O) groups excluding carboxylic acids is 2. The van der Waals surface area contributed by atoms with E-state index < -0.39 is 48.3 Å². The van der Waals surface area contributed by atoms with Crippen molar-refractivity contribution in [1.29, 1.82) is 0 Å². The third-order valence-corrected chi connectivity index (χ3v) is 6.02. The summed E-state index contributed by atoms with van der Waals surface area (Å²) >= 11 is 0. The molecule has 2 amide bonds. The van der Waals surface area contributed by atoms with Gasteiger partial charge in [-0.15, -0.1) is 0 Å². The molecule has 0 radical (unpaired) electrons. The van der Waals surface area contributed by atoms with Crippen molar-refractivity contribution in [3.63, 3.8) is 0 Å². The first-order valence-electron chi connectivity index (χ1n) is 10.2. The van der Waals surface area contributed by atoms with Gasteiger partial charge in [-0.1, -0.05) is 48.5 Å². The lowest BCUT2D eigenvalue weighted by atomic mass is 9.98. The minimum absolute atomic E-state index is 0.0426. The number of carbonyl (C=O) groups is 3. The standard InChI is InChI=1S/C23H22F2N2O5/c1-12(21(29)30)27-20(28)19-18(23(19,24)25)10-26-22(31)32-11-17-15-8-4-2-6-13(15)14-7-3-5-9-16(14)17/h2-9,12,17-19H,10-11H2,1H3,(H,26,31)(H,27,28)(H,29,30)/t12-,18?,19?/m1/s1. The van der Waals surface area contributed by atoms with E-state index in [-0.39, 0.29) is 12.5 Å². The molecule has 4 rings (SSSR count). The van der Waals surface area contributed by atoms with Crippen molar-refractivity contribution >= 4 is 18.0 Å². The number of carboxylic acids is 1. The fourth-order valence-corrected chi connectivity index (χ4v) is 4.21. The maximum Gasteiger partial charge on any atom is 0.407 e. The van der Waals surface area contributed by atoms with Gasteiger partial charge in [0.2, 0.25) is 5.91 Å². The molecule has 0 saturated heterocycles. The van der Waals surface area contributed by atoms with Crippen LogP contribution in [0.5, 0.6) is 0 Å². The lowest BCUT2D eigenvalue weighted by molar-refractivity contribution is -0.141. The van der Waals surface area contributed by atoms with Crippen LogP contribution >= 0.6 is 0 Å². The molecule has 0 aromatic heterocycles. The molecular formula is C23H22F2N2O5. The summed E-state index contributed by atoms with van der Waals surface area (Å²) in [6.45, 7) is 0.773. The number of alkyl halides is 2. The van der Waals surface area contributed by atoms with E-state index in [1.807, 2.05) is 53.8 Å². The number of alkyl carbamates (subject to hydrolysis) is 1. The normalized spacial score (nSPS) is 21.1. The molecule has 3 atom stereocenters. The van der Waals surface area contributed by atoms with Crippen LogP contribution in [0.4, 0.5) is 13.6 Å². The molecule has 1 fully saturated rings. The van der Waals surface area contributed by atoms with Gasteiger partial charge in [0.25, 0.3) is 5.92 Å². The van der Waals surface area contributed by atoms with E-state index in [2.05, 4.69) is 5.32 Å². The predicted molar refractivity (Wildman–Crippen MR) is 110 cm³/mol. The molecule has 9 heteroatoms. The maximum atomic E-state index is 14.0. The number of fused-ring (bicyclic) bond motifs is 3. The van der Waals surface area contributed by atoms with Gasteiger partial charge in [-0.05, 0) is 29.2 Å². The minimum Gasteiger partial charge on any atom is -0.480 e. The quantitative estimate of drug-likeness (QED) is 0.609. The fraction of sp³-hybridized carbons (Fsp3) is 0.348. The van der Waals surface area contributed by atoms with E-state index in [1.165, 1.54) is 6.92 Å². The van der Waals surface area contributed by atoms with Crippen LogP contribution in [0.15, 0.2) is 48.5 Å². The summed E-state index contributed by atoms with van der Waals surface area (Å²) in [4.78, 5) is 34.9. The monoisotopic (exact) mass is 444 g/mol. The Morgan fingerprint density at radius 1 is 1.06 bits per heavy atom. The highest BCUT2D eigenvalue weighted by molar-refractivity contribution is 5.88. The lowest BCUT2D eigenvalue weighted by Crippen LogP contribution is -2.40. The van der Waals surface area contributed by atoms with Gasteiger partial charge in [0, 0.05) is 12.5 Å². The van der Waals surface area contributed by atoms with Crippen LogP contribution in [0.3, 0.4) is 0 Å². The molecule has 0 spiro atoms. The molecule has 0 bridgehead atoms. The third kappa shape index (κ3) is 3.90. The molecule has 2 aromatic rings. The second-order valence-electron chi connectivity index (χ2n) is 8.03. The Bertz CT molecular complexity index is 1030. The number of halogens is 2. The van der Waals surface area contributed by atoms with Gasteiger partial charge < -0.3 is 20.5 Å². The number of ether oxygens (including phenoxy) is 1. The molecule has 2 aliphatic rings. The molecule has 3 N–H and O–H groups in total. The summed E-state index contributed by atoms with van der Waals surface area (Å²) in [5.74, 6) is -8.95. The van der Waals surface area contributed by atoms with Crippen LogP contribution < -0.4 is 10.6 Å². The molecular weight excluding hydrogens is 422 g/mol. The smallest absolute Gasteiger partial charge is 0.407 e. The lowest BCUT2D eigenvalue weighted by Gasteiger charge is -2.14. The SMILES string of the molecule is C[C@@H](NC(=O)C1C(CNC(=O)OCC2c3ccccc3-c3ccccc32)C1(F)F)C(=O)O. The van der Waals surface area contributed by atoms with E-state index in [4.69, 9.17) is 9.84 Å².